The number of hydrogen-bond acceptors (Lipinski definition) is 9. The van der Waals surface area contributed by atoms with E-state index in [1.54, 1.807) is 85.5 Å². The first-order valence-corrected chi connectivity index (χ1v) is 19.4. The average Bonchev–Trinajstić information content (AvgIpc) is 3.37. The number of anilines is 1. The van der Waals surface area contributed by atoms with E-state index in [0.29, 0.717) is 29.1 Å². The van der Waals surface area contributed by atoms with Crippen LogP contribution in [0.1, 0.15) is 12.0 Å². The summed E-state index contributed by atoms with van der Waals surface area (Å²) in [5.74, 6) is 0.162. The number of hydrogen-bond donors (Lipinski definition) is 1. The number of rotatable bonds is 11. The highest BCUT2D eigenvalue weighted by Crippen LogP contribution is 2.27. The Morgan fingerprint density at radius 1 is 0.680 bits per heavy atom. The molecule has 12 heteroatoms. The van der Waals surface area contributed by atoms with Crippen molar-refractivity contribution in [2.45, 2.75) is 28.7 Å². The summed E-state index contributed by atoms with van der Waals surface area (Å²) in [5, 5.41) is 2.56. The molecule has 1 unspecified atom stereocenters. The van der Waals surface area contributed by atoms with Gasteiger partial charge in [0.1, 0.15) is 10.6 Å². The minimum Gasteiger partial charge on any atom is -0.379 e. The van der Waals surface area contributed by atoms with Gasteiger partial charge in [-0.1, -0.05) is 54.6 Å². The van der Waals surface area contributed by atoms with Gasteiger partial charge in [0.2, 0.25) is 10.0 Å². The standard InChI is InChI=1S/C38H37N5O5S2/c44-49(45,37-11-4-7-30-26-39-19-17-35(30)37)41-32(28-42-21-6-22-43(24-23-42)33-9-2-1-3-10-33)25-29-13-15-34(16-14-29)48-50(46,47)38-12-5-8-31-27-40-20-18-36(31)38/h1-5,7-20,26-27,32,41H,6,21-25,28H2. The van der Waals surface area contributed by atoms with Gasteiger partial charge in [0.15, 0.2) is 0 Å². The molecular weight excluding hydrogens is 671 g/mol. The van der Waals surface area contributed by atoms with Crippen LogP contribution in [0.5, 0.6) is 5.75 Å². The monoisotopic (exact) mass is 707 g/mol. The Hall–Kier alpha value is -4.88. The van der Waals surface area contributed by atoms with Gasteiger partial charge in [-0.05, 0) is 73.5 Å². The predicted molar refractivity (Wildman–Crippen MR) is 195 cm³/mol. The van der Waals surface area contributed by atoms with E-state index < -0.39 is 26.2 Å². The predicted octanol–water partition coefficient (Wildman–Crippen LogP) is 5.65. The summed E-state index contributed by atoms with van der Waals surface area (Å²) in [7, 11) is -8.05. The summed E-state index contributed by atoms with van der Waals surface area (Å²) in [4.78, 5) is 13.2. The zero-order valence-corrected chi connectivity index (χ0v) is 28.9. The smallest absolute Gasteiger partial charge is 0.339 e. The first kappa shape index (κ1) is 33.6. The lowest BCUT2D eigenvalue weighted by Crippen LogP contribution is -2.46. The van der Waals surface area contributed by atoms with Crippen LogP contribution in [0, 0.1) is 0 Å². The van der Waals surface area contributed by atoms with Crippen LogP contribution >= 0.6 is 0 Å². The fraction of sp³-hybridized carbons (Fsp3) is 0.211. The van der Waals surface area contributed by atoms with Gasteiger partial charge >= 0.3 is 10.1 Å². The van der Waals surface area contributed by atoms with E-state index in [1.165, 1.54) is 11.8 Å². The first-order valence-electron chi connectivity index (χ1n) is 16.5. The van der Waals surface area contributed by atoms with Crippen molar-refractivity contribution < 1.29 is 21.0 Å². The molecule has 1 atom stereocenters. The number of nitrogens with one attached hydrogen (secondary N) is 1. The number of aromatic nitrogens is 2. The largest absolute Gasteiger partial charge is 0.379 e. The van der Waals surface area contributed by atoms with Crippen LogP contribution in [0.4, 0.5) is 5.69 Å². The van der Waals surface area contributed by atoms with Crippen molar-refractivity contribution in [3.8, 4) is 5.75 Å². The average molecular weight is 708 g/mol. The van der Waals surface area contributed by atoms with Crippen molar-refractivity contribution in [1.82, 2.24) is 19.6 Å². The molecule has 3 heterocycles. The molecule has 6 aromatic rings. The Kier molecular flexibility index (Phi) is 9.77. The minimum absolute atomic E-state index is 0.0587. The second-order valence-electron chi connectivity index (χ2n) is 12.4. The molecule has 1 fully saturated rings. The van der Waals surface area contributed by atoms with Crippen LogP contribution in [0.25, 0.3) is 21.5 Å². The molecule has 0 amide bonds. The second-order valence-corrected chi connectivity index (χ2v) is 15.6. The van der Waals surface area contributed by atoms with Gasteiger partial charge in [0.05, 0.1) is 4.90 Å². The lowest BCUT2D eigenvalue weighted by Gasteiger charge is -2.28. The van der Waals surface area contributed by atoms with Crippen molar-refractivity contribution in [1.29, 1.82) is 0 Å². The molecular formula is C38H37N5O5S2. The highest BCUT2D eigenvalue weighted by molar-refractivity contribution is 7.89. The molecule has 0 bridgehead atoms. The van der Waals surface area contributed by atoms with Crippen LogP contribution in [-0.2, 0) is 26.6 Å². The van der Waals surface area contributed by atoms with Gasteiger partial charge in [0.25, 0.3) is 0 Å². The highest BCUT2D eigenvalue weighted by Gasteiger charge is 2.26. The molecule has 7 rings (SSSR count). The number of nitrogens with zero attached hydrogens (tertiary/aromatic N) is 4. The van der Waals surface area contributed by atoms with Crippen LogP contribution in [0.2, 0.25) is 0 Å². The third kappa shape index (κ3) is 7.63. The zero-order valence-electron chi connectivity index (χ0n) is 27.3. The molecule has 0 saturated carbocycles. The molecule has 0 aliphatic carbocycles. The van der Waals surface area contributed by atoms with Crippen molar-refractivity contribution in [2.75, 3.05) is 37.6 Å². The summed E-state index contributed by atoms with van der Waals surface area (Å²) in [6.45, 7) is 3.85. The van der Waals surface area contributed by atoms with Crippen LogP contribution in [0.3, 0.4) is 0 Å². The van der Waals surface area contributed by atoms with Gasteiger partial charge in [-0.25, -0.2) is 13.1 Å². The number of benzene rings is 4. The summed E-state index contributed by atoms with van der Waals surface area (Å²) in [6, 6.07) is 30.1. The fourth-order valence-corrected chi connectivity index (χ4v) is 9.18. The van der Waals surface area contributed by atoms with E-state index in [2.05, 4.69) is 36.6 Å². The third-order valence-electron chi connectivity index (χ3n) is 8.96. The van der Waals surface area contributed by atoms with Crippen LogP contribution < -0.4 is 13.8 Å². The normalized spacial score (nSPS) is 15.2. The highest BCUT2D eigenvalue weighted by atomic mass is 32.2. The minimum atomic E-state index is -4.13. The van der Waals surface area contributed by atoms with Gasteiger partial charge in [-0.15, -0.1) is 0 Å². The van der Waals surface area contributed by atoms with E-state index in [0.717, 1.165) is 43.5 Å². The summed E-state index contributed by atoms with van der Waals surface area (Å²) < 4.78 is 63.1. The quantitative estimate of drug-likeness (QED) is 0.170. The Balaban J connectivity index is 1.11. The van der Waals surface area contributed by atoms with E-state index in [-0.39, 0.29) is 15.5 Å². The molecule has 0 spiro atoms. The SMILES string of the molecule is O=S(=O)(NC(Cc1ccc(OS(=O)(=O)c2cccc3cnccc23)cc1)CN1CCCN(c2ccccc2)CC1)c1cccc2cnccc12. The number of sulfonamides is 1. The molecule has 50 heavy (non-hydrogen) atoms. The van der Waals surface area contributed by atoms with Gasteiger partial charge in [-0.3, -0.25) is 14.9 Å². The van der Waals surface area contributed by atoms with Crippen LogP contribution in [0.15, 0.2) is 138 Å². The Morgan fingerprint density at radius 3 is 2.04 bits per heavy atom. The van der Waals surface area contributed by atoms with E-state index in [4.69, 9.17) is 4.18 Å². The number of pyridine rings is 2. The van der Waals surface area contributed by atoms with E-state index in [1.807, 2.05) is 24.3 Å². The van der Waals surface area contributed by atoms with Gasteiger partial charge < -0.3 is 9.08 Å². The fourth-order valence-electron chi connectivity index (χ4n) is 6.56. The lowest BCUT2D eigenvalue weighted by molar-refractivity contribution is 0.266. The maximum atomic E-state index is 14.0. The molecule has 4 aromatic carbocycles. The Labute approximate surface area is 292 Å². The molecule has 1 aliphatic heterocycles. The van der Waals surface area contributed by atoms with Crippen LogP contribution in [-0.4, -0.2) is 70.5 Å². The number of para-hydroxylation sites is 1. The molecule has 256 valence electrons. The van der Waals surface area contributed by atoms with Gasteiger partial charge in [0, 0.05) is 84.2 Å². The van der Waals surface area contributed by atoms with E-state index in [9.17, 15) is 16.8 Å². The molecule has 2 aromatic heterocycles. The van der Waals surface area contributed by atoms with E-state index >= 15 is 0 Å². The third-order valence-corrected chi connectivity index (χ3v) is 11.8. The van der Waals surface area contributed by atoms with Crippen molar-refractivity contribution in [3.63, 3.8) is 0 Å². The molecule has 1 saturated heterocycles. The molecule has 1 N–H and O–H groups in total. The second kappa shape index (κ2) is 14.5. The maximum absolute atomic E-state index is 14.0. The first-order chi connectivity index (χ1) is 24.2. The molecule has 0 radical (unpaired) electrons. The lowest BCUT2D eigenvalue weighted by atomic mass is 10.1. The molecule has 10 nitrogen and oxygen atoms in total. The van der Waals surface area contributed by atoms with Crippen molar-refractivity contribution in [2.24, 2.45) is 0 Å². The summed E-state index contributed by atoms with van der Waals surface area (Å²) in [6.07, 6.45) is 7.73. The topological polar surface area (TPSA) is 122 Å². The maximum Gasteiger partial charge on any atom is 0.339 e. The van der Waals surface area contributed by atoms with Crippen molar-refractivity contribution >= 4 is 47.4 Å². The Morgan fingerprint density at radius 2 is 1.34 bits per heavy atom. The molecule has 1 aliphatic rings. The summed E-state index contributed by atoms with van der Waals surface area (Å²) >= 11 is 0. The number of fused-ring (bicyclic) bond motifs is 2. The van der Waals surface area contributed by atoms with Crippen molar-refractivity contribution in [3.05, 3.63) is 133 Å². The zero-order chi connectivity index (χ0) is 34.6. The Bertz CT molecular complexity index is 2310. The summed E-state index contributed by atoms with van der Waals surface area (Å²) in [5.41, 5.74) is 2.01. The van der Waals surface area contributed by atoms with Gasteiger partial charge in [-0.2, -0.15) is 8.42 Å².